The minimum absolute atomic E-state index is 0.0614. The van der Waals surface area contributed by atoms with Crippen LogP contribution in [-0.4, -0.2) is 63.3 Å². The average molecular weight is 409 g/mol. The van der Waals surface area contributed by atoms with Crippen molar-refractivity contribution in [1.29, 1.82) is 0 Å². The van der Waals surface area contributed by atoms with E-state index in [2.05, 4.69) is 10.1 Å². The van der Waals surface area contributed by atoms with Gasteiger partial charge in [0, 0.05) is 67.8 Å². The Morgan fingerprint density at radius 1 is 1.27 bits per heavy atom. The number of likely N-dealkylation sites (tertiary alicyclic amines) is 2. The second kappa shape index (κ2) is 6.96. The Morgan fingerprint density at radius 3 is 2.77 bits per heavy atom. The van der Waals surface area contributed by atoms with E-state index in [0.717, 1.165) is 53.1 Å². The lowest BCUT2D eigenvalue weighted by molar-refractivity contribution is 0.0720. The molecular formula is C23H28N4O3. The molecule has 0 bridgehead atoms. The summed E-state index contributed by atoms with van der Waals surface area (Å²) < 4.78 is 7.31. The molecule has 4 heterocycles. The van der Waals surface area contributed by atoms with Gasteiger partial charge in [0.1, 0.15) is 5.76 Å². The largest absolute Gasteiger partial charge is 0.396 e. The van der Waals surface area contributed by atoms with E-state index in [0.29, 0.717) is 13.1 Å². The van der Waals surface area contributed by atoms with Gasteiger partial charge in [-0.3, -0.25) is 9.69 Å². The van der Waals surface area contributed by atoms with Crippen LogP contribution in [0.25, 0.3) is 10.9 Å². The van der Waals surface area contributed by atoms with Crippen LogP contribution in [0.4, 0.5) is 0 Å². The Morgan fingerprint density at radius 2 is 2.07 bits per heavy atom. The van der Waals surface area contributed by atoms with Crippen molar-refractivity contribution in [2.45, 2.75) is 20.4 Å². The van der Waals surface area contributed by atoms with Crippen LogP contribution >= 0.6 is 0 Å². The SMILES string of the molecule is Cc1noc(C)c1CN1C[C@H]2CN(C(=O)c3cn(C)c4ccccc34)C[C@@]2(CO)C1. The number of hydrogen-bond acceptors (Lipinski definition) is 5. The summed E-state index contributed by atoms with van der Waals surface area (Å²) in [6.45, 7) is 7.69. The predicted octanol–water partition coefficient (Wildman–Crippen LogP) is 2.35. The first kappa shape index (κ1) is 19.3. The molecule has 3 aromatic rings. The number of carbonyl (C=O) groups excluding carboxylic acids is 1. The van der Waals surface area contributed by atoms with Crippen molar-refractivity contribution in [2.75, 3.05) is 32.8 Å². The third kappa shape index (κ3) is 2.87. The van der Waals surface area contributed by atoms with E-state index in [4.69, 9.17) is 4.52 Å². The fourth-order valence-electron chi connectivity index (χ4n) is 5.42. The Bertz CT molecular complexity index is 1100. The number of nitrogens with zero attached hydrogens (tertiary/aromatic N) is 4. The van der Waals surface area contributed by atoms with Gasteiger partial charge in [0.25, 0.3) is 5.91 Å². The van der Waals surface area contributed by atoms with Crippen LogP contribution in [0, 0.1) is 25.2 Å². The minimum Gasteiger partial charge on any atom is -0.396 e. The molecule has 7 nitrogen and oxygen atoms in total. The number of rotatable bonds is 4. The molecule has 2 aliphatic rings. The van der Waals surface area contributed by atoms with Gasteiger partial charge in [0.2, 0.25) is 0 Å². The molecule has 5 rings (SSSR count). The first-order valence-electron chi connectivity index (χ1n) is 10.5. The van der Waals surface area contributed by atoms with Gasteiger partial charge in [0.15, 0.2) is 0 Å². The van der Waals surface area contributed by atoms with Crippen LogP contribution in [0.15, 0.2) is 35.0 Å². The summed E-state index contributed by atoms with van der Waals surface area (Å²) in [6, 6.07) is 8.00. The Hall–Kier alpha value is -2.64. The van der Waals surface area contributed by atoms with E-state index in [1.807, 2.05) is 60.8 Å². The highest BCUT2D eigenvalue weighted by molar-refractivity contribution is 6.07. The molecule has 0 spiro atoms. The molecule has 0 unspecified atom stereocenters. The van der Waals surface area contributed by atoms with E-state index < -0.39 is 0 Å². The summed E-state index contributed by atoms with van der Waals surface area (Å²) in [5, 5.41) is 15.4. The lowest BCUT2D eigenvalue weighted by Crippen LogP contribution is -2.38. The molecule has 0 saturated carbocycles. The highest BCUT2D eigenvalue weighted by Crippen LogP contribution is 2.43. The second-order valence-corrected chi connectivity index (χ2v) is 9.05. The van der Waals surface area contributed by atoms with Crippen LogP contribution < -0.4 is 0 Å². The standard InChI is InChI=1S/C23H28N4O3/c1-15-19(16(2)30-24-15)11-26-8-17-9-27(13-23(17,12-26)14-28)22(29)20-10-25(3)21-7-5-4-6-18(20)21/h4-7,10,17,28H,8-9,11-14H2,1-3H3/t17-,23+/m0/s1. The Kier molecular flexibility index (Phi) is 4.48. The molecule has 2 fully saturated rings. The molecule has 0 radical (unpaired) electrons. The van der Waals surface area contributed by atoms with Crippen LogP contribution in [-0.2, 0) is 13.6 Å². The normalized spacial score (nSPS) is 24.1. The maximum absolute atomic E-state index is 13.4. The van der Waals surface area contributed by atoms with Crippen LogP contribution in [0.5, 0.6) is 0 Å². The first-order valence-corrected chi connectivity index (χ1v) is 10.5. The van der Waals surface area contributed by atoms with E-state index in [1.165, 1.54) is 0 Å². The second-order valence-electron chi connectivity index (χ2n) is 9.05. The number of aromatic nitrogens is 2. The molecule has 2 atom stereocenters. The molecule has 0 aliphatic carbocycles. The van der Waals surface area contributed by atoms with E-state index in [9.17, 15) is 9.90 Å². The highest BCUT2D eigenvalue weighted by Gasteiger charge is 2.53. The monoisotopic (exact) mass is 408 g/mol. The third-order valence-corrected chi connectivity index (χ3v) is 7.12. The van der Waals surface area contributed by atoms with Crippen molar-refractivity contribution in [2.24, 2.45) is 18.4 Å². The molecule has 2 aromatic heterocycles. The summed E-state index contributed by atoms with van der Waals surface area (Å²) in [6.07, 6.45) is 1.93. The number of aliphatic hydroxyl groups excluding tert-OH is 1. The zero-order chi connectivity index (χ0) is 21.0. The van der Waals surface area contributed by atoms with E-state index >= 15 is 0 Å². The van der Waals surface area contributed by atoms with Gasteiger partial charge in [-0.15, -0.1) is 0 Å². The molecule has 7 heteroatoms. The number of fused-ring (bicyclic) bond motifs is 2. The van der Waals surface area contributed by atoms with Crippen molar-refractivity contribution in [3.8, 4) is 0 Å². The minimum atomic E-state index is -0.265. The van der Waals surface area contributed by atoms with Crippen molar-refractivity contribution in [3.05, 3.63) is 53.0 Å². The lowest BCUT2D eigenvalue weighted by Gasteiger charge is -2.27. The molecule has 158 valence electrons. The molecule has 1 N–H and O–H groups in total. The van der Waals surface area contributed by atoms with Gasteiger partial charge in [0.05, 0.1) is 17.9 Å². The van der Waals surface area contributed by atoms with Crippen molar-refractivity contribution in [3.63, 3.8) is 0 Å². The van der Waals surface area contributed by atoms with Crippen LogP contribution in [0.1, 0.15) is 27.4 Å². The number of carbonyl (C=O) groups is 1. The van der Waals surface area contributed by atoms with Gasteiger partial charge in [-0.1, -0.05) is 23.4 Å². The van der Waals surface area contributed by atoms with Crippen molar-refractivity contribution >= 4 is 16.8 Å². The van der Waals surface area contributed by atoms with Crippen LogP contribution in [0.2, 0.25) is 0 Å². The molecule has 2 saturated heterocycles. The van der Waals surface area contributed by atoms with Crippen molar-refractivity contribution in [1.82, 2.24) is 19.5 Å². The number of benzene rings is 1. The summed E-state index contributed by atoms with van der Waals surface area (Å²) in [5.74, 6) is 1.18. The number of aliphatic hydroxyl groups is 1. The highest BCUT2D eigenvalue weighted by atomic mass is 16.5. The quantitative estimate of drug-likeness (QED) is 0.717. The van der Waals surface area contributed by atoms with Gasteiger partial charge in [-0.2, -0.15) is 0 Å². The molecular weight excluding hydrogens is 380 g/mol. The number of hydrogen-bond donors (Lipinski definition) is 1. The number of para-hydroxylation sites is 1. The molecule has 2 aliphatic heterocycles. The molecule has 1 aromatic carbocycles. The maximum atomic E-state index is 13.4. The van der Waals surface area contributed by atoms with Crippen molar-refractivity contribution < 1.29 is 14.4 Å². The maximum Gasteiger partial charge on any atom is 0.256 e. The number of amides is 1. The number of aryl methyl sites for hydroxylation is 3. The average Bonchev–Trinajstić information content (AvgIpc) is 3.45. The van der Waals surface area contributed by atoms with Gasteiger partial charge in [-0.05, 0) is 25.8 Å². The fraction of sp³-hybridized carbons (Fsp3) is 0.478. The topological polar surface area (TPSA) is 74.7 Å². The summed E-state index contributed by atoms with van der Waals surface area (Å²) in [5.41, 5.74) is 3.60. The summed E-state index contributed by atoms with van der Waals surface area (Å²) in [4.78, 5) is 17.7. The van der Waals surface area contributed by atoms with E-state index in [-0.39, 0.29) is 23.8 Å². The van der Waals surface area contributed by atoms with Gasteiger partial charge >= 0.3 is 0 Å². The lowest BCUT2D eigenvalue weighted by atomic mass is 9.82. The first-order chi connectivity index (χ1) is 14.4. The van der Waals surface area contributed by atoms with Gasteiger partial charge < -0.3 is 19.1 Å². The fourth-order valence-corrected chi connectivity index (χ4v) is 5.42. The Balaban J connectivity index is 1.35. The zero-order valence-corrected chi connectivity index (χ0v) is 17.8. The smallest absolute Gasteiger partial charge is 0.256 e. The van der Waals surface area contributed by atoms with E-state index in [1.54, 1.807) is 0 Å². The Labute approximate surface area is 175 Å². The summed E-state index contributed by atoms with van der Waals surface area (Å²) in [7, 11) is 1.97. The predicted molar refractivity (Wildman–Crippen MR) is 113 cm³/mol. The van der Waals surface area contributed by atoms with Gasteiger partial charge in [-0.25, -0.2) is 0 Å². The molecule has 30 heavy (non-hydrogen) atoms. The summed E-state index contributed by atoms with van der Waals surface area (Å²) >= 11 is 0. The third-order valence-electron chi connectivity index (χ3n) is 7.12. The zero-order valence-electron chi connectivity index (χ0n) is 17.8. The van der Waals surface area contributed by atoms with Crippen LogP contribution in [0.3, 0.4) is 0 Å². The molecule has 1 amide bonds.